The average molecular weight is 378 g/mol. The van der Waals surface area contributed by atoms with Crippen LogP contribution in [0, 0.1) is 0 Å². The molecule has 1 aliphatic carbocycles. The first-order valence-electron chi connectivity index (χ1n) is 9.66. The Balaban J connectivity index is 1.71. The van der Waals surface area contributed by atoms with E-state index in [-0.39, 0.29) is 5.56 Å². The van der Waals surface area contributed by atoms with Crippen LogP contribution >= 0.6 is 0 Å². The number of carbonyl (C=O) groups is 1. The van der Waals surface area contributed by atoms with Crippen LogP contribution in [-0.4, -0.2) is 56.3 Å². The molecule has 1 saturated carbocycles. The fraction of sp³-hybridized carbons (Fsp3) is 0.400. The molecule has 1 atom stereocenters. The average Bonchev–Trinajstić information content (AvgIpc) is 3.48. The van der Waals surface area contributed by atoms with Crippen molar-refractivity contribution in [1.82, 2.24) is 24.8 Å². The van der Waals surface area contributed by atoms with E-state index in [0.29, 0.717) is 17.8 Å². The van der Waals surface area contributed by atoms with Crippen molar-refractivity contribution in [2.45, 2.75) is 31.7 Å². The normalized spacial score (nSPS) is 19.9. The SMILES string of the molecule is C[C@H]1CNCCN1c1ncnc2c1c(C1CC1)cn2-c1cc(C(=O)O)ccn1. The summed E-state index contributed by atoms with van der Waals surface area (Å²) >= 11 is 0. The fourth-order valence-electron chi connectivity index (χ4n) is 4.01. The van der Waals surface area contributed by atoms with Gasteiger partial charge in [0.15, 0.2) is 5.65 Å². The third kappa shape index (κ3) is 2.80. The van der Waals surface area contributed by atoms with Gasteiger partial charge in [0.2, 0.25) is 0 Å². The first kappa shape index (κ1) is 17.1. The van der Waals surface area contributed by atoms with E-state index in [1.54, 1.807) is 12.4 Å². The quantitative estimate of drug-likeness (QED) is 0.718. The van der Waals surface area contributed by atoms with Gasteiger partial charge in [-0.3, -0.25) is 4.57 Å². The smallest absolute Gasteiger partial charge is 0.335 e. The highest BCUT2D eigenvalue weighted by Crippen LogP contribution is 2.46. The Bertz CT molecular complexity index is 1060. The maximum Gasteiger partial charge on any atom is 0.335 e. The van der Waals surface area contributed by atoms with E-state index in [9.17, 15) is 9.90 Å². The lowest BCUT2D eigenvalue weighted by Gasteiger charge is -2.35. The lowest BCUT2D eigenvalue weighted by molar-refractivity contribution is 0.0696. The van der Waals surface area contributed by atoms with Crippen LogP contribution in [0.2, 0.25) is 0 Å². The number of nitrogens with zero attached hydrogens (tertiary/aromatic N) is 5. The monoisotopic (exact) mass is 378 g/mol. The van der Waals surface area contributed by atoms with E-state index in [4.69, 9.17) is 0 Å². The van der Waals surface area contributed by atoms with Gasteiger partial charge in [-0.1, -0.05) is 0 Å². The van der Waals surface area contributed by atoms with Gasteiger partial charge in [-0.25, -0.2) is 19.7 Å². The van der Waals surface area contributed by atoms with Gasteiger partial charge in [-0.15, -0.1) is 0 Å². The van der Waals surface area contributed by atoms with E-state index in [2.05, 4.69) is 38.3 Å². The van der Waals surface area contributed by atoms with Gasteiger partial charge in [-0.05, 0) is 43.4 Å². The van der Waals surface area contributed by atoms with E-state index in [1.165, 1.54) is 17.8 Å². The Kier molecular flexibility index (Phi) is 4.01. The Morgan fingerprint density at radius 2 is 2.14 bits per heavy atom. The molecule has 0 spiro atoms. The molecule has 0 unspecified atom stereocenters. The van der Waals surface area contributed by atoms with Gasteiger partial charge in [0.25, 0.3) is 0 Å². The molecule has 1 aliphatic heterocycles. The highest BCUT2D eigenvalue weighted by atomic mass is 16.4. The zero-order chi connectivity index (χ0) is 19.3. The van der Waals surface area contributed by atoms with Crippen molar-refractivity contribution in [1.29, 1.82) is 0 Å². The summed E-state index contributed by atoms with van der Waals surface area (Å²) in [5, 5.41) is 13.8. The van der Waals surface area contributed by atoms with E-state index in [1.807, 2.05) is 4.57 Å². The Labute approximate surface area is 162 Å². The van der Waals surface area contributed by atoms with Crippen molar-refractivity contribution in [3.05, 3.63) is 42.0 Å². The fourth-order valence-corrected chi connectivity index (χ4v) is 4.01. The number of rotatable bonds is 4. The minimum Gasteiger partial charge on any atom is -0.478 e. The van der Waals surface area contributed by atoms with Gasteiger partial charge < -0.3 is 15.3 Å². The number of pyridine rings is 1. The molecule has 8 nitrogen and oxygen atoms in total. The molecule has 28 heavy (non-hydrogen) atoms. The molecule has 0 aromatic carbocycles. The number of nitrogens with one attached hydrogen (secondary N) is 1. The number of aromatic nitrogens is 4. The molecule has 4 heterocycles. The third-order valence-corrected chi connectivity index (χ3v) is 5.62. The van der Waals surface area contributed by atoms with Crippen LogP contribution in [0.25, 0.3) is 16.9 Å². The van der Waals surface area contributed by atoms with Gasteiger partial charge in [-0.2, -0.15) is 0 Å². The number of hydrogen-bond donors (Lipinski definition) is 2. The summed E-state index contributed by atoms with van der Waals surface area (Å²) in [6.07, 6.45) is 7.52. The zero-order valence-electron chi connectivity index (χ0n) is 15.7. The molecule has 0 radical (unpaired) electrons. The number of hydrogen-bond acceptors (Lipinski definition) is 6. The summed E-state index contributed by atoms with van der Waals surface area (Å²) in [5.41, 5.74) is 2.23. The Morgan fingerprint density at radius 3 is 2.89 bits per heavy atom. The summed E-state index contributed by atoms with van der Waals surface area (Å²) in [7, 11) is 0. The van der Waals surface area contributed by atoms with Crippen LogP contribution in [0.3, 0.4) is 0 Å². The molecule has 0 amide bonds. The van der Waals surface area contributed by atoms with E-state index >= 15 is 0 Å². The van der Waals surface area contributed by atoms with Gasteiger partial charge in [0.05, 0.1) is 10.9 Å². The predicted octanol–water partition coefficient (Wildman–Crippen LogP) is 2.19. The molecule has 1 saturated heterocycles. The maximum atomic E-state index is 11.4. The summed E-state index contributed by atoms with van der Waals surface area (Å²) in [6.45, 7) is 4.95. The van der Waals surface area contributed by atoms with Crippen molar-refractivity contribution in [2.24, 2.45) is 0 Å². The van der Waals surface area contributed by atoms with Gasteiger partial charge in [0.1, 0.15) is 18.0 Å². The van der Waals surface area contributed by atoms with Crippen molar-refractivity contribution < 1.29 is 9.90 Å². The standard InChI is InChI=1S/C20H22N6O2/c1-12-9-21-6-7-25(12)18-17-15(13-2-3-13)10-26(19(17)24-11-23-18)16-8-14(20(27)28)4-5-22-16/h4-5,8,10-13,21H,2-3,6-7,9H2,1H3,(H,27,28)/t12-/m0/s1. The molecule has 2 N–H and O–H groups in total. The van der Waals surface area contributed by atoms with Crippen molar-refractivity contribution >= 4 is 22.8 Å². The highest BCUT2D eigenvalue weighted by Gasteiger charge is 2.32. The van der Waals surface area contributed by atoms with Crippen molar-refractivity contribution in [2.75, 3.05) is 24.5 Å². The molecular formula is C20H22N6O2. The summed E-state index contributed by atoms with van der Waals surface area (Å²) in [4.78, 5) is 27.4. The minimum atomic E-state index is -0.965. The van der Waals surface area contributed by atoms with E-state index < -0.39 is 5.97 Å². The lowest BCUT2D eigenvalue weighted by atomic mass is 10.1. The second kappa shape index (κ2) is 6.56. The number of fused-ring (bicyclic) bond motifs is 1. The van der Waals surface area contributed by atoms with Crippen LogP contribution in [0.15, 0.2) is 30.9 Å². The molecular weight excluding hydrogens is 356 g/mol. The molecule has 3 aromatic rings. The van der Waals surface area contributed by atoms with Gasteiger partial charge in [0, 0.05) is 38.1 Å². The summed E-state index contributed by atoms with van der Waals surface area (Å²) in [6, 6.07) is 3.44. The number of carboxylic acid groups (broad SMARTS) is 1. The predicted molar refractivity (Wildman–Crippen MR) is 105 cm³/mol. The van der Waals surface area contributed by atoms with E-state index in [0.717, 1.165) is 49.3 Å². The lowest BCUT2D eigenvalue weighted by Crippen LogP contribution is -2.50. The molecule has 2 aliphatic rings. The van der Waals surface area contributed by atoms with Crippen molar-refractivity contribution in [3.63, 3.8) is 0 Å². The molecule has 3 aromatic heterocycles. The number of carboxylic acids is 1. The molecule has 0 bridgehead atoms. The largest absolute Gasteiger partial charge is 0.478 e. The Hall–Kier alpha value is -3.00. The third-order valence-electron chi connectivity index (χ3n) is 5.62. The number of piperazine rings is 1. The summed E-state index contributed by atoms with van der Waals surface area (Å²) < 4.78 is 1.91. The van der Waals surface area contributed by atoms with Gasteiger partial charge >= 0.3 is 5.97 Å². The van der Waals surface area contributed by atoms with Crippen LogP contribution in [0.1, 0.15) is 41.6 Å². The molecule has 5 rings (SSSR count). The molecule has 8 heteroatoms. The maximum absolute atomic E-state index is 11.4. The summed E-state index contributed by atoms with van der Waals surface area (Å²) in [5.74, 6) is 1.07. The molecule has 144 valence electrons. The second-order valence-electron chi connectivity index (χ2n) is 7.58. The van der Waals surface area contributed by atoms with Crippen LogP contribution in [0.5, 0.6) is 0 Å². The van der Waals surface area contributed by atoms with Crippen LogP contribution in [-0.2, 0) is 0 Å². The second-order valence-corrected chi connectivity index (χ2v) is 7.58. The minimum absolute atomic E-state index is 0.213. The number of aromatic carboxylic acids is 1. The van der Waals surface area contributed by atoms with Crippen molar-refractivity contribution in [3.8, 4) is 5.82 Å². The Morgan fingerprint density at radius 1 is 1.29 bits per heavy atom. The first-order valence-corrected chi connectivity index (χ1v) is 9.66. The topological polar surface area (TPSA) is 96.2 Å². The first-order chi connectivity index (χ1) is 13.6. The molecule has 2 fully saturated rings. The zero-order valence-corrected chi connectivity index (χ0v) is 15.7. The number of anilines is 1. The van der Waals surface area contributed by atoms with Crippen LogP contribution in [0.4, 0.5) is 5.82 Å². The highest BCUT2D eigenvalue weighted by molar-refractivity contribution is 5.93. The van der Waals surface area contributed by atoms with Crippen LogP contribution < -0.4 is 10.2 Å².